The van der Waals surface area contributed by atoms with Gasteiger partial charge in [-0.25, -0.2) is 0 Å². The van der Waals surface area contributed by atoms with E-state index in [1.54, 1.807) is 7.11 Å². The molecule has 2 heterocycles. The second kappa shape index (κ2) is 7.76. The van der Waals surface area contributed by atoms with Crippen molar-refractivity contribution in [2.75, 3.05) is 27.2 Å². The van der Waals surface area contributed by atoms with E-state index in [0.717, 1.165) is 30.2 Å². The molecule has 1 fully saturated rings. The third-order valence-electron chi connectivity index (χ3n) is 4.79. The van der Waals surface area contributed by atoms with E-state index in [1.165, 1.54) is 0 Å². The van der Waals surface area contributed by atoms with Crippen LogP contribution in [0.25, 0.3) is 11.4 Å². The number of carbonyl (C=O) groups excluding carboxylic acids is 1. The summed E-state index contributed by atoms with van der Waals surface area (Å²) in [6.45, 7) is 1.33. The molecule has 0 saturated carbocycles. The van der Waals surface area contributed by atoms with Crippen LogP contribution in [0, 0.1) is 0 Å². The van der Waals surface area contributed by atoms with Crippen molar-refractivity contribution in [3.05, 3.63) is 36.2 Å². The molecule has 1 aromatic carbocycles. The monoisotopic (exact) mass is 343 g/mol. The lowest BCUT2D eigenvalue weighted by Crippen LogP contribution is -2.42. The van der Waals surface area contributed by atoms with Crippen LogP contribution in [-0.4, -0.2) is 65.0 Å². The van der Waals surface area contributed by atoms with Crippen LogP contribution in [0.15, 0.2) is 30.3 Å². The van der Waals surface area contributed by atoms with Crippen molar-refractivity contribution in [2.24, 2.45) is 7.05 Å². The second-order valence-corrected chi connectivity index (χ2v) is 6.45. The molecule has 7 nitrogen and oxygen atoms in total. The summed E-state index contributed by atoms with van der Waals surface area (Å²) in [5, 5.41) is 11.5. The van der Waals surface area contributed by atoms with Gasteiger partial charge in [-0.15, -0.1) is 10.2 Å². The number of carbonyl (C=O) groups is 1. The van der Waals surface area contributed by atoms with Gasteiger partial charge in [0.25, 0.3) is 0 Å². The Balaban J connectivity index is 1.55. The number of aromatic nitrogens is 3. The average Bonchev–Trinajstić information content (AvgIpc) is 3.18. The van der Waals surface area contributed by atoms with Crippen LogP contribution in [0.5, 0.6) is 0 Å². The van der Waals surface area contributed by atoms with Crippen molar-refractivity contribution < 1.29 is 9.53 Å². The maximum atomic E-state index is 12.4. The highest BCUT2D eigenvalue weighted by Crippen LogP contribution is 2.18. The summed E-state index contributed by atoms with van der Waals surface area (Å²) in [5.41, 5.74) is 1.03. The number of ether oxygens (including phenoxy) is 1. The molecule has 1 N–H and O–H groups in total. The SMILES string of the molecule is CO[C@H]1C[C@@H](C(=O)NCCc2nnc(-c3ccccc3)n2C)N(C)C1. The first kappa shape index (κ1) is 17.6. The number of nitrogens with zero attached hydrogens (tertiary/aromatic N) is 4. The highest BCUT2D eigenvalue weighted by Gasteiger charge is 2.34. The molecule has 134 valence electrons. The van der Waals surface area contributed by atoms with Crippen molar-refractivity contribution in [3.8, 4) is 11.4 Å². The molecule has 0 aliphatic carbocycles. The molecular weight excluding hydrogens is 318 g/mol. The maximum Gasteiger partial charge on any atom is 0.237 e. The molecule has 2 aromatic rings. The zero-order chi connectivity index (χ0) is 17.8. The van der Waals surface area contributed by atoms with Gasteiger partial charge >= 0.3 is 0 Å². The minimum atomic E-state index is -0.121. The molecule has 0 radical (unpaired) electrons. The van der Waals surface area contributed by atoms with E-state index < -0.39 is 0 Å². The van der Waals surface area contributed by atoms with E-state index in [0.29, 0.717) is 13.0 Å². The van der Waals surface area contributed by atoms with E-state index in [-0.39, 0.29) is 18.1 Å². The number of hydrogen-bond donors (Lipinski definition) is 1. The molecule has 2 atom stereocenters. The van der Waals surface area contributed by atoms with Crippen molar-refractivity contribution in [2.45, 2.75) is 25.0 Å². The zero-order valence-electron chi connectivity index (χ0n) is 15.0. The predicted molar refractivity (Wildman–Crippen MR) is 95.0 cm³/mol. The van der Waals surface area contributed by atoms with Gasteiger partial charge in [0.15, 0.2) is 5.82 Å². The molecular formula is C18H25N5O2. The lowest BCUT2D eigenvalue weighted by molar-refractivity contribution is -0.125. The number of methoxy groups -OCH3 is 1. The Kier molecular flexibility index (Phi) is 5.45. The van der Waals surface area contributed by atoms with Gasteiger partial charge in [-0.2, -0.15) is 0 Å². The number of amides is 1. The molecule has 7 heteroatoms. The first-order chi connectivity index (χ1) is 12.1. The number of rotatable bonds is 6. The van der Waals surface area contributed by atoms with Crippen molar-refractivity contribution in [1.29, 1.82) is 0 Å². The Hall–Kier alpha value is -2.25. The van der Waals surface area contributed by atoms with E-state index in [1.807, 2.05) is 53.9 Å². The average molecular weight is 343 g/mol. The first-order valence-electron chi connectivity index (χ1n) is 8.54. The summed E-state index contributed by atoms with van der Waals surface area (Å²) in [6, 6.07) is 9.84. The van der Waals surface area contributed by atoms with Gasteiger partial charge in [-0.3, -0.25) is 9.69 Å². The van der Waals surface area contributed by atoms with Crippen LogP contribution >= 0.6 is 0 Å². The maximum absolute atomic E-state index is 12.4. The fourth-order valence-corrected chi connectivity index (χ4v) is 3.26. The van der Waals surface area contributed by atoms with Crippen LogP contribution in [-0.2, 0) is 23.0 Å². The third-order valence-corrected chi connectivity index (χ3v) is 4.79. The Morgan fingerprint density at radius 2 is 2.04 bits per heavy atom. The summed E-state index contributed by atoms with van der Waals surface area (Å²) in [5.74, 6) is 1.74. The fraction of sp³-hybridized carbons (Fsp3) is 0.500. The molecule has 0 bridgehead atoms. The number of nitrogens with one attached hydrogen (secondary N) is 1. The Labute approximate surface area is 148 Å². The van der Waals surface area contributed by atoms with Crippen molar-refractivity contribution in [1.82, 2.24) is 25.0 Å². The minimum Gasteiger partial charge on any atom is -0.380 e. The van der Waals surface area contributed by atoms with Crippen LogP contribution in [0.2, 0.25) is 0 Å². The molecule has 3 rings (SSSR count). The highest BCUT2D eigenvalue weighted by molar-refractivity contribution is 5.82. The third kappa shape index (κ3) is 3.88. The van der Waals surface area contributed by atoms with E-state index in [2.05, 4.69) is 15.5 Å². The lowest BCUT2D eigenvalue weighted by atomic mass is 10.2. The number of hydrogen-bond acceptors (Lipinski definition) is 5. The number of likely N-dealkylation sites (tertiary alicyclic amines) is 1. The molecule has 1 saturated heterocycles. The molecule has 1 aromatic heterocycles. The lowest BCUT2D eigenvalue weighted by Gasteiger charge is -2.18. The summed E-state index contributed by atoms with van der Waals surface area (Å²) in [6.07, 6.45) is 1.51. The summed E-state index contributed by atoms with van der Waals surface area (Å²) < 4.78 is 7.33. The van der Waals surface area contributed by atoms with Gasteiger partial charge in [-0.1, -0.05) is 30.3 Å². The predicted octanol–water partition coefficient (Wildman–Crippen LogP) is 0.860. The smallest absolute Gasteiger partial charge is 0.237 e. The van der Waals surface area contributed by atoms with E-state index in [9.17, 15) is 4.79 Å². The molecule has 0 unspecified atom stereocenters. The van der Waals surface area contributed by atoms with E-state index >= 15 is 0 Å². The molecule has 0 spiro atoms. The standard InChI is InChI=1S/C18H25N5O2/c1-22-12-14(25-3)11-15(22)18(24)19-10-9-16-20-21-17(23(16)2)13-7-5-4-6-8-13/h4-8,14-15H,9-12H2,1-3H3,(H,19,24)/t14-,15-/m0/s1. The van der Waals surface area contributed by atoms with Crippen molar-refractivity contribution in [3.63, 3.8) is 0 Å². The van der Waals surface area contributed by atoms with Crippen LogP contribution in [0.3, 0.4) is 0 Å². The topological polar surface area (TPSA) is 72.3 Å². The highest BCUT2D eigenvalue weighted by atomic mass is 16.5. The quantitative estimate of drug-likeness (QED) is 0.842. The van der Waals surface area contributed by atoms with Gasteiger partial charge in [0.1, 0.15) is 5.82 Å². The molecule has 1 aliphatic heterocycles. The molecule has 1 amide bonds. The number of benzene rings is 1. The van der Waals surface area contributed by atoms with Gasteiger partial charge in [0.05, 0.1) is 12.1 Å². The normalized spacial score (nSPS) is 20.8. The second-order valence-electron chi connectivity index (χ2n) is 6.45. The van der Waals surface area contributed by atoms with E-state index in [4.69, 9.17) is 4.74 Å². The number of likely N-dealkylation sites (N-methyl/N-ethyl adjacent to an activating group) is 1. The van der Waals surface area contributed by atoms with Crippen molar-refractivity contribution >= 4 is 5.91 Å². The Morgan fingerprint density at radius 3 is 2.72 bits per heavy atom. The Morgan fingerprint density at radius 1 is 1.28 bits per heavy atom. The van der Waals surface area contributed by atoms with Crippen LogP contribution < -0.4 is 5.32 Å². The summed E-state index contributed by atoms with van der Waals surface area (Å²) in [7, 11) is 5.60. The summed E-state index contributed by atoms with van der Waals surface area (Å²) >= 11 is 0. The zero-order valence-corrected chi connectivity index (χ0v) is 15.0. The largest absolute Gasteiger partial charge is 0.380 e. The first-order valence-corrected chi connectivity index (χ1v) is 8.54. The molecule has 25 heavy (non-hydrogen) atoms. The van der Waals surface area contributed by atoms with Crippen LogP contribution in [0.1, 0.15) is 12.2 Å². The van der Waals surface area contributed by atoms with Crippen LogP contribution in [0.4, 0.5) is 0 Å². The van der Waals surface area contributed by atoms with Gasteiger partial charge in [-0.05, 0) is 13.5 Å². The summed E-state index contributed by atoms with van der Waals surface area (Å²) in [4.78, 5) is 14.4. The minimum absolute atomic E-state index is 0.0486. The van der Waals surface area contributed by atoms with Gasteiger partial charge in [0, 0.05) is 39.2 Å². The fourth-order valence-electron chi connectivity index (χ4n) is 3.26. The molecule has 1 aliphatic rings. The Bertz CT molecular complexity index is 716. The van der Waals surface area contributed by atoms with Gasteiger partial charge < -0.3 is 14.6 Å². The van der Waals surface area contributed by atoms with Gasteiger partial charge in [0.2, 0.25) is 5.91 Å².